The van der Waals surface area contributed by atoms with Gasteiger partial charge in [-0.1, -0.05) is 11.6 Å². The second kappa shape index (κ2) is 5.28. The van der Waals surface area contributed by atoms with Crippen molar-refractivity contribution in [2.24, 2.45) is 5.92 Å². The van der Waals surface area contributed by atoms with Gasteiger partial charge in [0.25, 0.3) is 5.91 Å². The number of carbonyl (C=O) groups excluding carboxylic acids is 1. The van der Waals surface area contributed by atoms with Gasteiger partial charge >= 0.3 is 0 Å². The lowest BCUT2D eigenvalue weighted by molar-refractivity contribution is 0.0893. The Morgan fingerprint density at radius 3 is 3.04 bits per heavy atom. The molecule has 24 heavy (non-hydrogen) atoms. The third-order valence-corrected chi connectivity index (χ3v) is 4.92. The van der Waals surface area contributed by atoms with Gasteiger partial charge in [-0.05, 0) is 38.7 Å². The van der Waals surface area contributed by atoms with Crippen LogP contribution in [0.25, 0.3) is 5.82 Å². The summed E-state index contributed by atoms with van der Waals surface area (Å²) < 4.78 is 14.8. The molecule has 2 atom stereocenters. The molecule has 1 fully saturated rings. The minimum absolute atomic E-state index is 0.337. The first-order valence-electron chi connectivity index (χ1n) is 8.02. The maximum Gasteiger partial charge on any atom is 0.272 e. The summed E-state index contributed by atoms with van der Waals surface area (Å²) in [4.78, 5) is 16.9. The van der Waals surface area contributed by atoms with Crippen molar-refractivity contribution in [2.75, 3.05) is 6.67 Å². The number of amides is 1. The number of halogens is 2. The van der Waals surface area contributed by atoms with Crippen LogP contribution in [0.4, 0.5) is 4.39 Å². The number of carbonyl (C=O) groups is 1. The molecule has 1 saturated carbocycles. The number of nitrogens with zero attached hydrogens (tertiary/aromatic N) is 3. The van der Waals surface area contributed by atoms with E-state index in [0.29, 0.717) is 28.4 Å². The molecule has 2 aliphatic carbocycles. The minimum atomic E-state index is -0.913. The Morgan fingerprint density at radius 2 is 2.33 bits per heavy atom. The highest BCUT2D eigenvalue weighted by atomic mass is 35.5. The van der Waals surface area contributed by atoms with Crippen LogP contribution in [0.15, 0.2) is 18.3 Å². The lowest BCUT2D eigenvalue weighted by Gasteiger charge is -2.21. The Bertz CT molecular complexity index is 832. The molecule has 0 bridgehead atoms. The highest BCUT2D eigenvalue weighted by Gasteiger charge is 2.50. The van der Waals surface area contributed by atoms with E-state index in [-0.39, 0.29) is 5.91 Å². The Labute approximate surface area is 144 Å². The average Bonchev–Trinajstić information content (AvgIpc) is 3.03. The molecule has 0 radical (unpaired) electrons. The zero-order valence-electron chi connectivity index (χ0n) is 13.5. The Hall–Kier alpha value is -1.95. The highest BCUT2D eigenvalue weighted by molar-refractivity contribution is 6.30. The van der Waals surface area contributed by atoms with Crippen molar-refractivity contribution in [3.05, 3.63) is 40.3 Å². The zero-order valence-corrected chi connectivity index (χ0v) is 14.3. The number of alkyl halides is 1. The van der Waals surface area contributed by atoms with Crippen LogP contribution < -0.4 is 5.32 Å². The second-order valence-electron chi connectivity index (χ2n) is 7.23. The van der Waals surface area contributed by atoms with Crippen LogP contribution in [0.2, 0.25) is 5.02 Å². The van der Waals surface area contributed by atoms with Crippen molar-refractivity contribution in [3.8, 4) is 5.82 Å². The van der Waals surface area contributed by atoms with Gasteiger partial charge in [0, 0.05) is 28.8 Å². The number of hydrogen-bond donors (Lipinski definition) is 1. The maximum absolute atomic E-state index is 13.0. The molecule has 2 heterocycles. The molecule has 2 aromatic rings. The molecule has 1 amide bonds. The van der Waals surface area contributed by atoms with Crippen molar-refractivity contribution in [1.82, 2.24) is 20.1 Å². The van der Waals surface area contributed by atoms with E-state index in [1.807, 2.05) is 0 Å². The van der Waals surface area contributed by atoms with Gasteiger partial charge in [-0.15, -0.1) is 0 Å². The standard InChI is InChI=1S/C17H18ClFN4O/c1-17(2,8-19)21-16(24)14-12-6-9-5-11(9)15(12)23(22-14)13-7-10(18)3-4-20-13/h3-4,7,9,11H,5-6,8H2,1-2H3,(H,21,24)/t9-,11-/m0/s1. The molecule has 0 aliphatic heterocycles. The number of fused-ring (bicyclic) bond motifs is 3. The van der Waals surface area contributed by atoms with Crippen LogP contribution in [-0.2, 0) is 6.42 Å². The Balaban J connectivity index is 1.76. The monoisotopic (exact) mass is 348 g/mol. The summed E-state index contributed by atoms with van der Waals surface area (Å²) in [5, 5.41) is 7.79. The molecular weight excluding hydrogens is 331 g/mol. The van der Waals surface area contributed by atoms with Crippen molar-refractivity contribution in [3.63, 3.8) is 0 Å². The van der Waals surface area contributed by atoms with Gasteiger partial charge in [-0.25, -0.2) is 14.1 Å². The summed E-state index contributed by atoms with van der Waals surface area (Å²) in [5.41, 5.74) is 1.48. The van der Waals surface area contributed by atoms with Gasteiger partial charge in [-0.3, -0.25) is 4.79 Å². The van der Waals surface area contributed by atoms with E-state index in [0.717, 1.165) is 24.1 Å². The molecule has 5 nitrogen and oxygen atoms in total. The van der Waals surface area contributed by atoms with Crippen LogP contribution in [0.1, 0.15) is 47.9 Å². The van der Waals surface area contributed by atoms with E-state index in [4.69, 9.17) is 11.6 Å². The predicted molar refractivity (Wildman–Crippen MR) is 88.4 cm³/mol. The fourth-order valence-electron chi connectivity index (χ4n) is 3.38. The first-order chi connectivity index (χ1) is 11.4. The smallest absolute Gasteiger partial charge is 0.272 e. The SMILES string of the molecule is CC(C)(CF)NC(=O)c1nn(-c2cc(Cl)ccn2)c2c1C[C@@H]1C[C@H]21. The highest BCUT2D eigenvalue weighted by Crippen LogP contribution is 2.57. The van der Waals surface area contributed by atoms with Gasteiger partial charge in [-0.2, -0.15) is 5.10 Å². The quantitative estimate of drug-likeness (QED) is 0.923. The largest absolute Gasteiger partial charge is 0.343 e. The lowest BCUT2D eigenvalue weighted by atomic mass is 10.1. The average molecular weight is 349 g/mol. The number of aromatic nitrogens is 3. The van der Waals surface area contributed by atoms with Crippen molar-refractivity contribution >= 4 is 17.5 Å². The first kappa shape index (κ1) is 15.6. The molecule has 1 N–H and O–H groups in total. The Morgan fingerprint density at radius 1 is 1.54 bits per heavy atom. The first-order valence-corrected chi connectivity index (χ1v) is 8.39. The number of rotatable bonds is 4. The third kappa shape index (κ3) is 2.49. The molecule has 4 rings (SSSR count). The zero-order chi connectivity index (χ0) is 17.1. The summed E-state index contributed by atoms with van der Waals surface area (Å²) in [6.45, 7) is 2.67. The minimum Gasteiger partial charge on any atom is -0.343 e. The van der Waals surface area contributed by atoms with Gasteiger partial charge < -0.3 is 5.32 Å². The molecule has 2 aliphatic rings. The normalized spacial score (nSPS) is 21.3. The second-order valence-corrected chi connectivity index (χ2v) is 7.67. The van der Waals surface area contributed by atoms with E-state index in [9.17, 15) is 9.18 Å². The maximum atomic E-state index is 13.0. The third-order valence-electron chi connectivity index (χ3n) is 4.69. The molecule has 126 valence electrons. The molecule has 0 saturated heterocycles. The summed E-state index contributed by atoms with van der Waals surface area (Å²) in [7, 11) is 0. The fraction of sp³-hybridized carbons (Fsp3) is 0.471. The van der Waals surface area contributed by atoms with Crippen LogP contribution in [0.5, 0.6) is 0 Å². The van der Waals surface area contributed by atoms with Crippen LogP contribution in [0, 0.1) is 5.92 Å². The number of nitrogens with one attached hydrogen (secondary N) is 1. The van der Waals surface area contributed by atoms with E-state index >= 15 is 0 Å². The van der Waals surface area contributed by atoms with Gasteiger partial charge in [0.2, 0.25) is 0 Å². The van der Waals surface area contributed by atoms with Crippen LogP contribution in [-0.4, -0.2) is 32.9 Å². The van der Waals surface area contributed by atoms with Crippen molar-refractivity contribution < 1.29 is 9.18 Å². The lowest BCUT2D eigenvalue weighted by Crippen LogP contribution is -2.45. The molecule has 0 aromatic carbocycles. The number of pyridine rings is 1. The van der Waals surface area contributed by atoms with Crippen LogP contribution >= 0.6 is 11.6 Å². The van der Waals surface area contributed by atoms with Gasteiger partial charge in [0.05, 0.1) is 11.2 Å². The predicted octanol–water partition coefficient (Wildman–Crippen LogP) is 3.06. The van der Waals surface area contributed by atoms with Gasteiger partial charge in [0.15, 0.2) is 11.5 Å². The molecular formula is C17H18ClFN4O. The topological polar surface area (TPSA) is 59.8 Å². The fourth-order valence-corrected chi connectivity index (χ4v) is 3.54. The summed E-state index contributed by atoms with van der Waals surface area (Å²) >= 11 is 6.07. The summed E-state index contributed by atoms with van der Waals surface area (Å²) in [6, 6.07) is 3.43. The molecule has 2 aromatic heterocycles. The summed E-state index contributed by atoms with van der Waals surface area (Å²) in [5.74, 6) is 1.29. The van der Waals surface area contributed by atoms with E-state index < -0.39 is 12.2 Å². The van der Waals surface area contributed by atoms with E-state index in [1.165, 1.54) is 0 Å². The van der Waals surface area contributed by atoms with Crippen molar-refractivity contribution in [1.29, 1.82) is 0 Å². The molecule has 7 heteroatoms. The van der Waals surface area contributed by atoms with E-state index in [1.54, 1.807) is 36.9 Å². The van der Waals surface area contributed by atoms with Crippen molar-refractivity contribution in [2.45, 2.75) is 38.1 Å². The molecule has 0 unspecified atom stereocenters. The van der Waals surface area contributed by atoms with E-state index in [2.05, 4.69) is 15.4 Å². The molecule has 0 spiro atoms. The van der Waals surface area contributed by atoms with Gasteiger partial charge in [0.1, 0.15) is 6.67 Å². The number of hydrogen-bond acceptors (Lipinski definition) is 3. The van der Waals surface area contributed by atoms with Crippen LogP contribution in [0.3, 0.4) is 0 Å². The Kier molecular flexibility index (Phi) is 3.42. The summed E-state index contributed by atoms with van der Waals surface area (Å²) in [6.07, 6.45) is 3.59.